The van der Waals surface area contributed by atoms with Crippen molar-refractivity contribution < 1.29 is 9.90 Å². The fourth-order valence-electron chi connectivity index (χ4n) is 1.09. The van der Waals surface area contributed by atoms with E-state index in [0.29, 0.717) is 0 Å². The Labute approximate surface area is 57.6 Å². The molecule has 0 aromatic rings. The predicted octanol–water partition coefficient (Wildman–Crippen LogP) is 1.85. The third kappa shape index (κ3) is 1.90. The minimum atomic E-state index is -0.614. The Morgan fingerprint density at radius 3 is 2.11 bits per heavy atom. The molecule has 0 saturated carbocycles. The predicted molar refractivity (Wildman–Crippen MR) is 40.6 cm³/mol. The Hall–Kier alpha value is -0.180. The van der Waals surface area contributed by atoms with E-state index in [1.54, 1.807) is 0 Å². The van der Waals surface area contributed by atoms with Gasteiger partial charge in [-0.3, -0.25) is 0 Å². The molecule has 0 radical (unpaired) electrons. The Balaban J connectivity index is 2.31. The summed E-state index contributed by atoms with van der Waals surface area (Å²) in [5.41, 5.74) is 0. The summed E-state index contributed by atoms with van der Waals surface area (Å²) >= 11 is 0. The van der Waals surface area contributed by atoms with Gasteiger partial charge in [0, 0.05) is 0 Å². The van der Waals surface area contributed by atoms with E-state index in [1.807, 2.05) is 0 Å². The zero-order chi connectivity index (χ0) is 6.69. The number of carboxylic acid groups (broad SMARTS) is 1. The highest BCUT2D eigenvalue weighted by molar-refractivity contribution is 8.29. The van der Waals surface area contributed by atoms with Crippen LogP contribution in [0.3, 0.4) is 0 Å². The molecular formula is C6H12O2S. The summed E-state index contributed by atoms with van der Waals surface area (Å²) in [6.45, 7) is 0. The lowest BCUT2D eigenvalue weighted by molar-refractivity contribution is 0.221. The molecule has 1 aliphatic rings. The first kappa shape index (κ1) is 6.93. The van der Waals surface area contributed by atoms with Gasteiger partial charge >= 0.3 is 5.30 Å². The molecule has 0 spiro atoms. The van der Waals surface area contributed by atoms with Gasteiger partial charge in [-0.05, 0) is 24.3 Å². The van der Waals surface area contributed by atoms with Crippen molar-refractivity contribution in [2.45, 2.75) is 19.3 Å². The van der Waals surface area contributed by atoms with Crippen molar-refractivity contribution >= 4 is 16.2 Å². The van der Waals surface area contributed by atoms with Crippen molar-refractivity contribution in [1.82, 2.24) is 0 Å². The summed E-state index contributed by atoms with van der Waals surface area (Å²) in [6.07, 6.45) is 3.52. The van der Waals surface area contributed by atoms with Crippen LogP contribution >= 0.6 is 10.9 Å². The molecule has 9 heavy (non-hydrogen) atoms. The number of carbonyl (C=O) groups is 1. The van der Waals surface area contributed by atoms with Crippen LogP contribution in [-0.2, 0) is 0 Å². The van der Waals surface area contributed by atoms with Gasteiger partial charge in [0.05, 0.1) is 0 Å². The van der Waals surface area contributed by atoms with Crippen LogP contribution in [-0.4, -0.2) is 21.9 Å². The lowest BCUT2D eigenvalue weighted by Gasteiger charge is -2.20. The van der Waals surface area contributed by atoms with Crippen LogP contribution in [0.1, 0.15) is 19.3 Å². The van der Waals surface area contributed by atoms with E-state index in [2.05, 4.69) is 0 Å². The van der Waals surface area contributed by atoms with Crippen molar-refractivity contribution in [2.24, 2.45) is 0 Å². The monoisotopic (exact) mass is 148 g/mol. The van der Waals surface area contributed by atoms with Gasteiger partial charge in [-0.1, -0.05) is 6.42 Å². The van der Waals surface area contributed by atoms with Gasteiger partial charge in [-0.2, -0.15) is 10.9 Å². The van der Waals surface area contributed by atoms with E-state index in [-0.39, 0.29) is 0 Å². The Bertz CT molecular complexity index is 108. The van der Waals surface area contributed by atoms with Crippen molar-refractivity contribution in [2.75, 3.05) is 11.5 Å². The molecule has 1 rings (SSSR count). The lowest BCUT2D eigenvalue weighted by Crippen LogP contribution is -2.08. The Kier molecular flexibility index (Phi) is 2.39. The van der Waals surface area contributed by atoms with Crippen LogP contribution in [0.4, 0.5) is 4.79 Å². The van der Waals surface area contributed by atoms with Crippen LogP contribution in [0.5, 0.6) is 0 Å². The van der Waals surface area contributed by atoms with Crippen molar-refractivity contribution in [3.05, 3.63) is 0 Å². The van der Waals surface area contributed by atoms with Crippen LogP contribution in [0.25, 0.3) is 0 Å². The topological polar surface area (TPSA) is 37.3 Å². The molecule has 2 nitrogen and oxygen atoms in total. The number of rotatable bonds is 0. The highest BCUT2D eigenvalue weighted by atomic mass is 32.2. The van der Waals surface area contributed by atoms with Crippen LogP contribution in [0.2, 0.25) is 0 Å². The van der Waals surface area contributed by atoms with E-state index in [4.69, 9.17) is 5.11 Å². The minimum Gasteiger partial charge on any atom is -0.474 e. The van der Waals surface area contributed by atoms with E-state index >= 15 is 0 Å². The summed E-state index contributed by atoms with van der Waals surface area (Å²) in [6, 6.07) is 0. The van der Waals surface area contributed by atoms with Gasteiger partial charge in [0.15, 0.2) is 0 Å². The molecule has 1 heterocycles. The lowest BCUT2D eigenvalue weighted by atomic mass is 10.3. The van der Waals surface area contributed by atoms with E-state index in [0.717, 1.165) is 24.3 Å². The van der Waals surface area contributed by atoms with E-state index in [9.17, 15) is 4.79 Å². The molecule has 3 heteroatoms. The molecule has 1 aliphatic heterocycles. The molecule has 0 atom stereocenters. The SMILES string of the molecule is O=C(O)[SH]1CCCCC1. The summed E-state index contributed by atoms with van der Waals surface area (Å²) in [4.78, 5) is 10.4. The second-order valence-corrected chi connectivity index (χ2v) is 4.69. The molecule has 0 aliphatic carbocycles. The van der Waals surface area contributed by atoms with Crippen molar-refractivity contribution in [3.63, 3.8) is 0 Å². The van der Waals surface area contributed by atoms with E-state index in [1.165, 1.54) is 6.42 Å². The molecule has 0 bridgehead atoms. The smallest absolute Gasteiger partial charge is 0.344 e. The molecule has 54 valence electrons. The van der Waals surface area contributed by atoms with Gasteiger partial charge in [0.25, 0.3) is 0 Å². The van der Waals surface area contributed by atoms with Crippen LogP contribution in [0, 0.1) is 0 Å². The number of hydrogen-bond acceptors (Lipinski definition) is 1. The molecule has 0 unspecified atom stereocenters. The quantitative estimate of drug-likeness (QED) is 0.514. The third-order valence-corrected chi connectivity index (χ3v) is 3.88. The molecule has 1 saturated heterocycles. The minimum absolute atomic E-state index is 0.537. The van der Waals surface area contributed by atoms with Gasteiger partial charge in [-0.15, -0.1) is 0 Å². The normalized spacial score (nSPS) is 23.8. The van der Waals surface area contributed by atoms with E-state index < -0.39 is 16.2 Å². The molecule has 0 aromatic carbocycles. The number of thiol groups is 1. The van der Waals surface area contributed by atoms with Gasteiger partial charge < -0.3 is 5.11 Å². The largest absolute Gasteiger partial charge is 0.474 e. The number of hydrogen-bond donors (Lipinski definition) is 2. The van der Waals surface area contributed by atoms with Gasteiger partial charge in [0.1, 0.15) is 0 Å². The highest BCUT2D eigenvalue weighted by Crippen LogP contribution is 2.32. The average molecular weight is 148 g/mol. The van der Waals surface area contributed by atoms with Crippen molar-refractivity contribution in [1.29, 1.82) is 0 Å². The fraction of sp³-hybridized carbons (Fsp3) is 0.833. The summed E-state index contributed by atoms with van der Waals surface area (Å²) in [7, 11) is -0.614. The van der Waals surface area contributed by atoms with Crippen molar-refractivity contribution in [3.8, 4) is 0 Å². The van der Waals surface area contributed by atoms with Gasteiger partial charge in [0.2, 0.25) is 0 Å². The molecule has 0 amide bonds. The second kappa shape index (κ2) is 3.11. The van der Waals surface area contributed by atoms with Crippen LogP contribution in [0.15, 0.2) is 0 Å². The standard InChI is InChI=1S/C6H12O2S/c7-6(8)9-4-2-1-3-5-9/h9H,1-5H2,(H,7,8). The third-order valence-electron chi connectivity index (χ3n) is 1.63. The molecular weight excluding hydrogens is 136 g/mol. The highest BCUT2D eigenvalue weighted by Gasteiger charge is 2.14. The summed E-state index contributed by atoms with van der Waals surface area (Å²) in [5, 5.41) is 8.03. The zero-order valence-electron chi connectivity index (χ0n) is 5.34. The maximum absolute atomic E-state index is 10.4. The maximum Gasteiger partial charge on any atom is 0.344 e. The Morgan fingerprint density at radius 2 is 1.78 bits per heavy atom. The first-order chi connectivity index (χ1) is 4.30. The maximum atomic E-state index is 10.4. The summed E-state index contributed by atoms with van der Waals surface area (Å²) < 4.78 is 0. The second-order valence-electron chi connectivity index (χ2n) is 2.33. The fourth-order valence-corrected chi connectivity index (χ4v) is 2.90. The first-order valence-corrected chi connectivity index (χ1v) is 5.00. The molecule has 1 N–H and O–H groups in total. The summed E-state index contributed by atoms with van der Waals surface area (Å²) in [5.74, 6) is 1.93. The molecule has 1 fully saturated rings. The molecule has 0 aromatic heterocycles. The van der Waals surface area contributed by atoms with Gasteiger partial charge in [-0.25, -0.2) is 4.79 Å². The zero-order valence-corrected chi connectivity index (χ0v) is 6.23. The van der Waals surface area contributed by atoms with Crippen LogP contribution < -0.4 is 0 Å². The Morgan fingerprint density at radius 1 is 1.22 bits per heavy atom. The first-order valence-electron chi connectivity index (χ1n) is 3.28. The average Bonchev–Trinajstić information content (AvgIpc) is 1.90.